The highest BCUT2D eigenvalue weighted by Gasteiger charge is 2.47. The summed E-state index contributed by atoms with van der Waals surface area (Å²) in [7, 11) is 3.60. The second-order valence-corrected chi connectivity index (χ2v) is 9.02. The Morgan fingerprint density at radius 3 is 2.38 bits per heavy atom. The van der Waals surface area contributed by atoms with E-state index in [2.05, 4.69) is 15.0 Å². The summed E-state index contributed by atoms with van der Waals surface area (Å²) >= 11 is 0. The highest BCUT2D eigenvalue weighted by Crippen LogP contribution is 2.45. The van der Waals surface area contributed by atoms with Crippen LogP contribution in [0, 0.1) is 11.3 Å². The first kappa shape index (κ1) is 24.4. The van der Waals surface area contributed by atoms with Gasteiger partial charge in [-0.2, -0.15) is 13.2 Å². The van der Waals surface area contributed by atoms with Gasteiger partial charge in [0.05, 0.1) is 6.61 Å². The van der Waals surface area contributed by atoms with Gasteiger partial charge >= 0.3 is 12.1 Å². The van der Waals surface area contributed by atoms with Gasteiger partial charge in [-0.05, 0) is 43.4 Å². The molecule has 12 heteroatoms. The molecule has 1 amide bonds. The molecule has 4 rings (SSSR count). The normalized spacial score (nSPS) is 23.2. The number of methoxy groups -OCH3 is 1. The van der Waals surface area contributed by atoms with Crippen LogP contribution in [0.3, 0.4) is 0 Å². The fourth-order valence-electron chi connectivity index (χ4n) is 4.58. The van der Waals surface area contributed by atoms with Crippen LogP contribution in [0.4, 0.5) is 13.2 Å². The molecule has 1 saturated carbocycles. The third kappa shape index (κ3) is 6.18. The van der Waals surface area contributed by atoms with Gasteiger partial charge in [0.1, 0.15) is 6.33 Å². The van der Waals surface area contributed by atoms with Crippen LogP contribution in [-0.4, -0.2) is 93.7 Å². The molecule has 0 aromatic carbocycles. The fraction of sp³-hybridized carbons (Fsp3) is 0.800. The number of hydrogen-bond acceptors (Lipinski definition) is 6. The summed E-state index contributed by atoms with van der Waals surface area (Å²) in [5.41, 5.74) is 0.354. The van der Waals surface area contributed by atoms with E-state index in [0.29, 0.717) is 17.3 Å². The molecule has 1 spiro atoms. The SMILES string of the molecule is COCC1CC2(CCN(C(=O)c3ncn(C)n3)CC2)CN1CC1CC1.O=C(O)C(F)(F)F. The van der Waals surface area contributed by atoms with Crippen LogP contribution in [0.5, 0.6) is 0 Å². The molecule has 1 aliphatic carbocycles. The van der Waals surface area contributed by atoms with Crippen molar-refractivity contribution in [2.75, 3.05) is 39.9 Å². The van der Waals surface area contributed by atoms with Crippen LogP contribution in [0.15, 0.2) is 6.33 Å². The van der Waals surface area contributed by atoms with Crippen LogP contribution < -0.4 is 0 Å². The number of rotatable bonds is 5. The van der Waals surface area contributed by atoms with E-state index in [1.165, 1.54) is 32.4 Å². The van der Waals surface area contributed by atoms with E-state index in [9.17, 15) is 18.0 Å². The average Bonchev–Trinajstić information content (AvgIpc) is 3.34. The van der Waals surface area contributed by atoms with Crippen molar-refractivity contribution < 1.29 is 32.6 Å². The van der Waals surface area contributed by atoms with Gasteiger partial charge in [0.2, 0.25) is 5.82 Å². The first-order valence-corrected chi connectivity index (χ1v) is 10.7. The minimum absolute atomic E-state index is 0.0308. The van der Waals surface area contributed by atoms with Gasteiger partial charge < -0.3 is 14.7 Å². The Morgan fingerprint density at radius 1 is 1.28 bits per heavy atom. The number of ether oxygens (including phenoxy) is 1. The number of aryl methyl sites for hydroxylation is 1. The number of aliphatic carboxylic acids is 1. The summed E-state index contributed by atoms with van der Waals surface area (Å²) in [6.07, 6.45) is 2.64. The van der Waals surface area contributed by atoms with Gasteiger partial charge in [-0.25, -0.2) is 9.78 Å². The molecule has 0 bridgehead atoms. The molecular formula is C20H30F3N5O4. The Morgan fingerprint density at radius 2 is 1.91 bits per heavy atom. The van der Waals surface area contributed by atoms with Gasteiger partial charge in [-0.15, -0.1) is 5.10 Å². The number of nitrogens with zero attached hydrogens (tertiary/aromatic N) is 5. The van der Waals surface area contributed by atoms with Crippen LogP contribution in [0.1, 0.15) is 42.7 Å². The molecule has 0 radical (unpaired) electrons. The van der Waals surface area contributed by atoms with E-state index in [1.807, 2.05) is 4.90 Å². The van der Waals surface area contributed by atoms with E-state index in [4.69, 9.17) is 14.6 Å². The van der Waals surface area contributed by atoms with E-state index in [-0.39, 0.29) is 5.91 Å². The molecular weight excluding hydrogens is 431 g/mol. The fourth-order valence-corrected chi connectivity index (χ4v) is 4.58. The number of alkyl halides is 3. The van der Waals surface area contributed by atoms with Gasteiger partial charge in [0.25, 0.3) is 5.91 Å². The predicted octanol–water partition coefficient (Wildman–Crippen LogP) is 1.80. The van der Waals surface area contributed by atoms with Gasteiger partial charge in [-0.1, -0.05) is 0 Å². The lowest BCUT2D eigenvalue weighted by Gasteiger charge is -2.39. The second-order valence-electron chi connectivity index (χ2n) is 9.02. The highest BCUT2D eigenvalue weighted by molar-refractivity contribution is 5.90. The topological polar surface area (TPSA) is 101 Å². The van der Waals surface area contributed by atoms with Crippen molar-refractivity contribution in [1.29, 1.82) is 0 Å². The third-order valence-corrected chi connectivity index (χ3v) is 6.42. The molecule has 1 atom stereocenters. The number of carboxylic acids is 1. The summed E-state index contributed by atoms with van der Waals surface area (Å²) in [6, 6.07) is 0.547. The molecule has 1 N–H and O–H groups in total. The maximum Gasteiger partial charge on any atom is 0.490 e. The Balaban J connectivity index is 0.000000360. The lowest BCUT2D eigenvalue weighted by atomic mass is 9.76. The van der Waals surface area contributed by atoms with Crippen LogP contribution in [0.25, 0.3) is 0 Å². The quantitative estimate of drug-likeness (QED) is 0.714. The first-order chi connectivity index (χ1) is 15.0. The minimum Gasteiger partial charge on any atom is -0.475 e. The molecule has 3 aliphatic rings. The molecule has 1 aromatic rings. The molecule has 2 aliphatic heterocycles. The first-order valence-electron chi connectivity index (χ1n) is 10.7. The average molecular weight is 461 g/mol. The van der Waals surface area contributed by atoms with Crippen molar-refractivity contribution in [3.63, 3.8) is 0 Å². The zero-order valence-electron chi connectivity index (χ0n) is 18.3. The molecule has 180 valence electrons. The lowest BCUT2D eigenvalue weighted by molar-refractivity contribution is -0.192. The van der Waals surface area contributed by atoms with Crippen molar-refractivity contribution in [1.82, 2.24) is 24.6 Å². The number of carbonyl (C=O) groups is 2. The maximum atomic E-state index is 12.6. The van der Waals surface area contributed by atoms with Crippen LogP contribution in [0.2, 0.25) is 0 Å². The molecule has 3 heterocycles. The van der Waals surface area contributed by atoms with Crippen molar-refractivity contribution in [2.45, 2.75) is 44.3 Å². The molecule has 32 heavy (non-hydrogen) atoms. The van der Waals surface area contributed by atoms with Gasteiger partial charge in [0.15, 0.2) is 0 Å². The molecule has 1 unspecified atom stereocenters. The van der Waals surface area contributed by atoms with E-state index in [1.54, 1.807) is 25.2 Å². The second kappa shape index (κ2) is 9.74. The van der Waals surface area contributed by atoms with Crippen molar-refractivity contribution in [2.24, 2.45) is 18.4 Å². The number of halogens is 3. The Bertz CT molecular complexity index is 803. The van der Waals surface area contributed by atoms with Crippen LogP contribution >= 0.6 is 0 Å². The number of carbonyl (C=O) groups excluding carboxylic acids is 1. The third-order valence-electron chi connectivity index (χ3n) is 6.42. The predicted molar refractivity (Wildman–Crippen MR) is 107 cm³/mol. The number of carboxylic acid groups (broad SMARTS) is 1. The van der Waals surface area contributed by atoms with Crippen molar-refractivity contribution in [3.8, 4) is 0 Å². The van der Waals surface area contributed by atoms with Crippen molar-refractivity contribution >= 4 is 11.9 Å². The maximum absolute atomic E-state index is 12.6. The largest absolute Gasteiger partial charge is 0.490 e. The number of hydrogen-bond donors (Lipinski definition) is 1. The number of likely N-dealkylation sites (tertiary alicyclic amines) is 2. The van der Waals surface area contributed by atoms with E-state index < -0.39 is 12.1 Å². The molecule has 1 aromatic heterocycles. The summed E-state index contributed by atoms with van der Waals surface area (Å²) < 4.78 is 38.8. The number of piperidine rings is 1. The Kier molecular flexibility index (Phi) is 7.43. The summed E-state index contributed by atoms with van der Waals surface area (Å²) in [5, 5.41) is 11.3. The molecule has 3 fully saturated rings. The zero-order chi connectivity index (χ0) is 23.5. The van der Waals surface area contributed by atoms with E-state index in [0.717, 1.165) is 38.5 Å². The number of amides is 1. The molecule has 9 nitrogen and oxygen atoms in total. The summed E-state index contributed by atoms with van der Waals surface area (Å²) in [4.78, 5) is 30.1. The summed E-state index contributed by atoms with van der Waals surface area (Å²) in [5.74, 6) is -1.56. The van der Waals surface area contributed by atoms with Crippen LogP contribution in [-0.2, 0) is 16.6 Å². The summed E-state index contributed by atoms with van der Waals surface area (Å²) in [6.45, 7) is 4.86. The molecule has 2 saturated heterocycles. The lowest BCUT2D eigenvalue weighted by Crippen LogP contribution is -2.44. The zero-order valence-corrected chi connectivity index (χ0v) is 18.3. The standard InChI is InChI=1S/C18H29N5O2.C2HF3O2/c1-21-13-19-16(20-21)17(24)22-7-5-18(6-8-22)9-15(11-25-2)23(12-18)10-14-3-4-14;3-2(4,5)1(6)7/h13-15H,3-12H2,1-2H3;(H,6,7). The highest BCUT2D eigenvalue weighted by atomic mass is 19.4. The van der Waals surface area contributed by atoms with Gasteiger partial charge in [-0.3, -0.25) is 14.4 Å². The monoisotopic (exact) mass is 461 g/mol. The van der Waals surface area contributed by atoms with Crippen molar-refractivity contribution in [3.05, 3.63) is 12.2 Å². The van der Waals surface area contributed by atoms with Gasteiger partial charge in [0, 0.05) is 46.4 Å². The van der Waals surface area contributed by atoms with E-state index >= 15 is 0 Å². The Hall–Kier alpha value is -2.21. The smallest absolute Gasteiger partial charge is 0.475 e. The minimum atomic E-state index is -5.08. The number of aromatic nitrogens is 3. The Labute approximate surface area is 184 Å².